The molecule has 0 spiro atoms. The second-order valence-electron chi connectivity index (χ2n) is 4.51. The first-order valence-electron chi connectivity index (χ1n) is 5.42. The second-order valence-corrected chi connectivity index (χ2v) is 5.16. The van der Waals surface area contributed by atoms with Crippen LogP contribution in [-0.4, -0.2) is 5.33 Å². The largest absolute Gasteiger partial charge is 0.0925 e. The minimum absolute atomic E-state index is 0.828. The van der Waals surface area contributed by atoms with Crippen LogP contribution in [0.3, 0.4) is 0 Å². The van der Waals surface area contributed by atoms with Crippen LogP contribution in [0.15, 0.2) is 30.3 Å². The van der Waals surface area contributed by atoms with Gasteiger partial charge in [-0.05, 0) is 36.2 Å². The van der Waals surface area contributed by atoms with Crippen molar-refractivity contribution in [1.29, 1.82) is 0 Å². The molecule has 3 unspecified atom stereocenters. The van der Waals surface area contributed by atoms with E-state index in [1.165, 1.54) is 12.8 Å². The Balaban J connectivity index is 1.87. The minimum atomic E-state index is 0.828. The molecule has 0 aliphatic heterocycles. The summed E-state index contributed by atoms with van der Waals surface area (Å²) in [6.45, 7) is 2.33. The lowest BCUT2D eigenvalue weighted by atomic mass is 10.0. The van der Waals surface area contributed by atoms with E-state index >= 15 is 0 Å². The van der Waals surface area contributed by atoms with Gasteiger partial charge in [-0.1, -0.05) is 53.2 Å². The Kier molecular flexibility index (Phi) is 3.27. The minimum Gasteiger partial charge on any atom is -0.0925 e. The van der Waals surface area contributed by atoms with Gasteiger partial charge in [0.05, 0.1) is 0 Å². The average Bonchev–Trinajstić information content (AvgIpc) is 2.98. The molecule has 0 aromatic heterocycles. The molecule has 76 valence electrons. The van der Waals surface area contributed by atoms with Crippen molar-refractivity contribution in [2.24, 2.45) is 11.8 Å². The van der Waals surface area contributed by atoms with Crippen LogP contribution in [0.25, 0.3) is 0 Å². The highest BCUT2D eigenvalue weighted by Gasteiger charge is 2.38. The summed E-state index contributed by atoms with van der Waals surface area (Å²) in [6, 6.07) is 10.9. The third-order valence-corrected chi connectivity index (χ3v) is 4.22. The first-order valence-corrected chi connectivity index (χ1v) is 6.54. The maximum absolute atomic E-state index is 3.55. The molecule has 0 N–H and O–H groups in total. The van der Waals surface area contributed by atoms with Gasteiger partial charge in [-0.2, -0.15) is 0 Å². The molecule has 1 heteroatoms. The van der Waals surface area contributed by atoms with Gasteiger partial charge in [0.2, 0.25) is 0 Å². The van der Waals surface area contributed by atoms with Gasteiger partial charge in [-0.15, -0.1) is 0 Å². The van der Waals surface area contributed by atoms with E-state index < -0.39 is 0 Å². The van der Waals surface area contributed by atoms with E-state index in [4.69, 9.17) is 0 Å². The summed E-state index contributed by atoms with van der Waals surface area (Å²) in [5.41, 5.74) is 1.54. The highest BCUT2D eigenvalue weighted by molar-refractivity contribution is 9.09. The van der Waals surface area contributed by atoms with Gasteiger partial charge in [0.25, 0.3) is 0 Å². The van der Waals surface area contributed by atoms with Gasteiger partial charge in [0.1, 0.15) is 0 Å². The molecular formula is C13H17Br. The van der Waals surface area contributed by atoms with E-state index in [9.17, 15) is 0 Å². The highest BCUT2D eigenvalue weighted by Crippen LogP contribution is 2.50. The van der Waals surface area contributed by atoms with E-state index in [1.807, 2.05) is 0 Å². The Morgan fingerprint density at radius 1 is 1.36 bits per heavy atom. The normalized spacial score (nSPS) is 27.3. The maximum atomic E-state index is 3.55. The van der Waals surface area contributed by atoms with E-state index in [1.54, 1.807) is 5.56 Å². The number of rotatable bonds is 4. The van der Waals surface area contributed by atoms with Gasteiger partial charge in [-0.3, -0.25) is 0 Å². The lowest BCUT2D eigenvalue weighted by Crippen LogP contribution is -1.97. The zero-order valence-corrected chi connectivity index (χ0v) is 10.2. The zero-order valence-electron chi connectivity index (χ0n) is 8.62. The van der Waals surface area contributed by atoms with Crippen LogP contribution in [0, 0.1) is 11.8 Å². The first kappa shape index (κ1) is 10.2. The summed E-state index contributed by atoms with van der Waals surface area (Å²) < 4.78 is 0. The van der Waals surface area contributed by atoms with Crippen molar-refractivity contribution in [3.8, 4) is 0 Å². The van der Waals surface area contributed by atoms with Crippen LogP contribution >= 0.6 is 15.9 Å². The van der Waals surface area contributed by atoms with Crippen molar-refractivity contribution in [1.82, 2.24) is 0 Å². The molecule has 1 aromatic rings. The van der Waals surface area contributed by atoms with Crippen LogP contribution in [0.1, 0.15) is 31.2 Å². The average molecular weight is 253 g/mol. The Morgan fingerprint density at radius 2 is 2.07 bits per heavy atom. The summed E-state index contributed by atoms with van der Waals surface area (Å²) in [7, 11) is 0. The molecule has 0 saturated heterocycles. The van der Waals surface area contributed by atoms with Crippen LogP contribution < -0.4 is 0 Å². The summed E-state index contributed by atoms with van der Waals surface area (Å²) in [4.78, 5) is 0. The van der Waals surface area contributed by atoms with Gasteiger partial charge >= 0.3 is 0 Å². The molecule has 0 bridgehead atoms. The fourth-order valence-electron chi connectivity index (χ4n) is 2.20. The smallest absolute Gasteiger partial charge is 0.00571 e. The monoisotopic (exact) mass is 252 g/mol. The van der Waals surface area contributed by atoms with E-state index in [2.05, 4.69) is 53.2 Å². The number of halogens is 1. The Bertz CT molecular complexity index is 281. The fourth-order valence-corrected chi connectivity index (χ4v) is 2.46. The van der Waals surface area contributed by atoms with Gasteiger partial charge in [0.15, 0.2) is 0 Å². The van der Waals surface area contributed by atoms with E-state index in [0.29, 0.717) is 0 Å². The van der Waals surface area contributed by atoms with Crippen LogP contribution in [-0.2, 0) is 0 Å². The Labute approximate surface area is 94.8 Å². The van der Waals surface area contributed by atoms with Crippen molar-refractivity contribution in [3.05, 3.63) is 35.9 Å². The summed E-state index contributed by atoms with van der Waals surface area (Å²) in [5.74, 6) is 2.64. The van der Waals surface area contributed by atoms with Gasteiger partial charge < -0.3 is 0 Å². The highest BCUT2D eigenvalue weighted by atomic mass is 79.9. The van der Waals surface area contributed by atoms with Crippen molar-refractivity contribution in [2.75, 3.05) is 5.33 Å². The predicted molar refractivity (Wildman–Crippen MR) is 64.9 cm³/mol. The first-order chi connectivity index (χ1) is 6.81. The molecule has 0 nitrogen and oxygen atoms in total. The second kappa shape index (κ2) is 4.48. The number of benzene rings is 1. The molecule has 0 heterocycles. The lowest BCUT2D eigenvalue weighted by Gasteiger charge is -2.06. The quantitative estimate of drug-likeness (QED) is 0.705. The fraction of sp³-hybridized carbons (Fsp3) is 0.538. The maximum Gasteiger partial charge on any atom is 0.00571 e. The third-order valence-electron chi connectivity index (χ3n) is 3.12. The number of alkyl halides is 1. The topological polar surface area (TPSA) is 0 Å². The zero-order chi connectivity index (χ0) is 9.97. The molecule has 1 saturated carbocycles. The van der Waals surface area contributed by atoms with E-state index in [0.717, 1.165) is 23.1 Å². The van der Waals surface area contributed by atoms with Crippen LogP contribution in [0.4, 0.5) is 0 Å². The molecule has 2 rings (SSSR count). The predicted octanol–water partition coefficient (Wildman–Crippen LogP) is 4.21. The van der Waals surface area contributed by atoms with Crippen LogP contribution in [0.5, 0.6) is 0 Å². The van der Waals surface area contributed by atoms with Crippen molar-refractivity contribution in [2.45, 2.75) is 25.7 Å². The molecule has 1 aliphatic carbocycles. The lowest BCUT2D eigenvalue weighted by molar-refractivity contribution is 0.542. The molecule has 0 amide bonds. The summed E-state index contributed by atoms with van der Waals surface area (Å²) >= 11 is 3.55. The van der Waals surface area contributed by atoms with Crippen LogP contribution in [0.2, 0.25) is 0 Å². The Morgan fingerprint density at radius 3 is 2.71 bits per heavy atom. The molecular weight excluding hydrogens is 236 g/mol. The molecule has 1 aromatic carbocycles. The third kappa shape index (κ3) is 2.38. The Hall–Kier alpha value is -0.300. The van der Waals surface area contributed by atoms with Gasteiger partial charge in [0, 0.05) is 5.33 Å². The molecule has 1 aliphatic rings. The standard InChI is InChI=1S/C13H17Br/c1-10(9-14)7-12-8-13(12)11-5-3-2-4-6-11/h2-6,10,12-13H,7-9H2,1H3. The molecule has 1 fully saturated rings. The van der Waals surface area contributed by atoms with Gasteiger partial charge in [-0.25, -0.2) is 0 Å². The molecule has 0 radical (unpaired) electrons. The molecule has 3 atom stereocenters. The van der Waals surface area contributed by atoms with E-state index in [-0.39, 0.29) is 0 Å². The van der Waals surface area contributed by atoms with Crippen molar-refractivity contribution in [3.63, 3.8) is 0 Å². The molecule has 14 heavy (non-hydrogen) atoms. The summed E-state index contributed by atoms with van der Waals surface area (Å²) in [6.07, 6.45) is 2.78. The SMILES string of the molecule is CC(CBr)CC1CC1c1ccccc1. The van der Waals surface area contributed by atoms with Crippen molar-refractivity contribution < 1.29 is 0 Å². The number of hydrogen-bond donors (Lipinski definition) is 0. The number of hydrogen-bond acceptors (Lipinski definition) is 0. The summed E-state index contributed by atoms with van der Waals surface area (Å²) in [5, 5.41) is 1.14. The van der Waals surface area contributed by atoms with Crippen molar-refractivity contribution >= 4 is 15.9 Å².